The van der Waals surface area contributed by atoms with Crippen LogP contribution < -0.4 is 10.6 Å². The van der Waals surface area contributed by atoms with Crippen LogP contribution in [-0.4, -0.2) is 36.2 Å². The Balaban J connectivity index is 2.13. The molecule has 0 aromatic heterocycles. The lowest BCUT2D eigenvalue weighted by Gasteiger charge is -2.21. The summed E-state index contributed by atoms with van der Waals surface area (Å²) in [6, 6.07) is 0. The van der Waals surface area contributed by atoms with E-state index in [0.717, 1.165) is 0 Å². The molecule has 2 heterocycles. The van der Waals surface area contributed by atoms with Gasteiger partial charge in [-0.15, -0.1) is 0 Å². The lowest BCUT2D eigenvalue weighted by atomic mass is 10.0. The first kappa shape index (κ1) is 10.4. The summed E-state index contributed by atoms with van der Waals surface area (Å²) in [5.41, 5.74) is -0.759. The van der Waals surface area contributed by atoms with Crippen molar-refractivity contribution in [1.82, 2.24) is 10.6 Å². The molecule has 0 aliphatic carbocycles. The molecule has 5 nitrogen and oxygen atoms in total. The number of nitrogens with one attached hydrogen (secondary N) is 2. The van der Waals surface area contributed by atoms with E-state index in [4.69, 9.17) is 4.74 Å². The first-order valence-corrected chi connectivity index (χ1v) is 5.19. The molecule has 0 radical (unpaired) electrons. The van der Waals surface area contributed by atoms with Crippen molar-refractivity contribution in [2.75, 3.05) is 13.2 Å². The highest BCUT2D eigenvalue weighted by atomic mass is 16.5. The molecule has 1 unspecified atom stereocenters. The number of rotatable bonds is 0. The van der Waals surface area contributed by atoms with Gasteiger partial charge in [-0.1, -0.05) is 0 Å². The monoisotopic (exact) mass is 211 g/mol. The fourth-order valence-electron chi connectivity index (χ4n) is 1.75. The van der Waals surface area contributed by atoms with Gasteiger partial charge in [-0.3, -0.25) is 10.1 Å². The van der Waals surface area contributed by atoms with Crippen LogP contribution in [0.15, 0.2) is 4.99 Å². The Bertz CT molecular complexity index is 311. The summed E-state index contributed by atoms with van der Waals surface area (Å²) < 4.78 is 5.24. The largest absolute Gasteiger partial charge is 0.378 e. The average molecular weight is 211 g/mol. The fourth-order valence-corrected chi connectivity index (χ4v) is 1.75. The molecule has 0 aromatic rings. The molecule has 2 rings (SSSR count). The highest BCUT2D eigenvalue weighted by Gasteiger charge is 2.47. The molecule has 5 heteroatoms. The van der Waals surface area contributed by atoms with Crippen LogP contribution in [0, 0.1) is 0 Å². The third kappa shape index (κ3) is 1.97. The van der Waals surface area contributed by atoms with Gasteiger partial charge in [0, 0.05) is 18.6 Å². The van der Waals surface area contributed by atoms with Crippen molar-refractivity contribution in [3.8, 4) is 0 Å². The van der Waals surface area contributed by atoms with Crippen molar-refractivity contribution in [3.63, 3.8) is 0 Å². The molecule has 1 fully saturated rings. The van der Waals surface area contributed by atoms with Crippen molar-refractivity contribution in [1.29, 1.82) is 0 Å². The zero-order valence-corrected chi connectivity index (χ0v) is 9.39. The Kier molecular flexibility index (Phi) is 2.22. The molecule has 2 aliphatic rings. The SMILES string of the molecule is CC(C)(C)NC1=NC2(CCOC2)C(=O)N1. The lowest BCUT2D eigenvalue weighted by Crippen LogP contribution is -2.47. The fraction of sp³-hybridized carbons (Fsp3) is 0.800. The second kappa shape index (κ2) is 3.20. The molecule has 84 valence electrons. The number of carbonyl (C=O) groups is 1. The van der Waals surface area contributed by atoms with Gasteiger partial charge in [-0.05, 0) is 20.8 Å². The van der Waals surface area contributed by atoms with Crippen molar-refractivity contribution in [3.05, 3.63) is 0 Å². The molecule has 1 amide bonds. The topological polar surface area (TPSA) is 62.7 Å². The standard InChI is InChI=1S/C10H17N3O2/c1-9(2,3)12-8-11-7(14)10(13-8)4-5-15-6-10/h4-6H2,1-3H3,(H2,11,12,13,14). The highest BCUT2D eigenvalue weighted by molar-refractivity contribution is 6.07. The van der Waals surface area contributed by atoms with Gasteiger partial charge in [0.25, 0.3) is 5.91 Å². The van der Waals surface area contributed by atoms with E-state index in [1.54, 1.807) is 0 Å². The van der Waals surface area contributed by atoms with Crippen LogP contribution in [0.4, 0.5) is 0 Å². The van der Waals surface area contributed by atoms with E-state index in [0.29, 0.717) is 25.6 Å². The minimum atomic E-state index is -0.659. The number of ether oxygens (including phenoxy) is 1. The third-order valence-corrected chi connectivity index (χ3v) is 2.47. The predicted octanol–water partition coefficient (Wildman–Crippen LogP) is 0.0194. The maximum Gasteiger partial charge on any atom is 0.257 e. The van der Waals surface area contributed by atoms with Gasteiger partial charge in [-0.2, -0.15) is 0 Å². The van der Waals surface area contributed by atoms with E-state index in [2.05, 4.69) is 15.6 Å². The Morgan fingerprint density at radius 1 is 1.53 bits per heavy atom. The Labute approximate surface area is 89.3 Å². The first-order valence-electron chi connectivity index (χ1n) is 5.19. The summed E-state index contributed by atoms with van der Waals surface area (Å²) >= 11 is 0. The molecule has 0 saturated carbocycles. The number of hydrogen-bond donors (Lipinski definition) is 2. The quantitative estimate of drug-likeness (QED) is 0.593. The summed E-state index contributed by atoms with van der Waals surface area (Å²) in [6.07, 6.45) is 0.675. The molecular formula is C10H17N3O2. The highest BCUT2D eigenvalue weighted by Crippen LogP contribution is 2.26. The molecule has 1 atom stereocenters. The van der Waals surface area contributed by atoms with Crippen molar-refractivity contribution in [2.45, 2.75) is 38.3 Å². The number of hydrogen-bond acceptors (Lipinski definition) is 4. The zero-order chi connectivity index (χ0) is 11.1. The Hall–Kier alpha value is -1.10. The van der Waals surface area contributed by atoms with E-state index < -0.39 is 5.54 Å². The number of carbonyl (C=O) groups excluding carboxylic acids is 1. The summed E-state index contributed by atoms with van der Waals surface area (Å²) in [4.78, 5) is 16.2. The molecule has 1 saturated heterocycles. The van der Waals surface area contributed by atoms with E-state index in [1.807, 2.05) is 20.8 Å². The summed E-state index contributed by atoms with van der Waals surface area (Å²) in [5, 5.41) is 5.93. The predicted molar refractivity (Wildman–Crippen MR) is 56.6 cm³/mol. The second-order valence-corrected chi connectivity index (χ2v) is 5.12. The van der Waals surface area contributed by atoms with Gasteiger partial charge in [0.2, 0.25) is 0 Å². The number of guanidine groups is 1. The maximum atomic E-state index is 11.7. The molecule has 0 aromatic carbocycles. The van der Waals surface area contributed by atoms with E-state index in [1.165, 1.54) is 0 Å². The number of amides is 1. The van der Waals surface area contributed by atoms with Gasteiger partial charge in [0.1, 0.15) is 0 Å². The van der Waals surface area contributed by atoms with Crippen molar-refractivity contribution in [2.24, 2.45) is 4.99 Å². The van der Waals surface area contributed by atoms with Crippen LogP contribution in [0.5, 0.6) is 0 Å². The molecular weight excluding hydrogens is 194 g/mol. The van der Waals surface area contributed by atoms with E-state index in [9.17, 15) is 4.79 Å². The summed E-state index contributed by atoms with van der Waals surface area (Å²) in [7, 11) is 0. The Morgan fingerprint density at radius 2 is 2.27 bits per heavy atom. The van der Waals surface area contributed by atoms with Crippen molar-refractivity contribution >= 4 is 11.9 Å². The first-order chi connectivity index (χ1) is 6.91. The smallest absolute Gasteiger partial charge is 0.257 e. The molecule has 2 N–H and O–H groups in total. The molecule has 15 heavy (non-hydrogen) atoms. The van der Waals surface area contributed by atoms with Crippen LogP contribution >= 0.6 is 0 Å². The molecule has 0 bridgehead atoms. The van der Waals surface area contributed by atoms with Gasteiger partial charge >= 0.3 is 0 Å². The Morgan fingerprint density at radius 3 is 2.80 bits per heavy atom. The van der Waals surface area contributed by atoms with Crippen LogP contribution in [0.25, 0.3) is 0 Å². The van der Waals surface area contributed by atoms with Crippen LogP contribution in [0.1, 0.15) is 27.2 Å². The summed E-state index contributed by atoms with van der Waals surface area (Å²) in [6.45, 7) is 7.08. The molecule has 2 aliphatic heterocycles. The van der Waals surface area contributed by atoms with Crippen LogP contribution in [0.2, 0.25) is 0 Å². The summed E-state index contributed by atoms with van der Waals surface area (Å²) in [5.74, 6) is 0.518. The third-order valence-electron chi connectivity index (χ3n) is 2.47. The minimum absolute atomic E-state index is 0.0493. The van der Waals surface area contributed by atoms with Gasteiger partial charge in [0.15, 0.2) is 11.5 Å². The maximum absolute atomic E-state index is 11.7. The molecule has 1 spiro atoms. The van der Waals surface area contributed by atoms with Crippen molar-refractivity contribution < 1.29 is 9.53 Å². The number of aliphatic imine (C=N–C) groups is 1. The average Bonchev–Trinajstić information content (AvgIpc) is 2.60. The minimum Gasteiger partial charge on any atom is -0.378 e. The van der Waals surface area contributed by atoms with E-state index >= 15 is 0 Å². The zero-order valence-electron chi connectivity index (χ0n) is 9.39. The van der Waals surface area contributed by atoms with Gasteiger partial charge in [-0.25, -0.2) is 4.99 Å². The van der Waals surface area contributed by atoms with Crippen LogP contribution in [0.3, 0.4) is 0 Å². The van der Waals surface area contributed by atoms with Gasteiger partial charge < -0.3 is 10.1 Å². The second-order valence-electron chi connectivity index (χ2n) is 5.12. The van der Waals surface area contributed by atoms with Gasteiger partial charge in [0.05, 0.1) is 6.61 Å². The lowest BCUT2D eigenvalue weighted by molar-refractivity contribution is -0.123. The van der Waals surface area contributed by atoms with Crippen LogP contribution in [-0.2, 0) is 9.53 Å². The van der Waals surface area contributed by atoms with E-state index in [-0.39, 0.29) is 11.4 Å². The normalized spacial score (nSPS) is 30.6. The number of nitrogens with zero attached hydrogens (tertiary/aromatic N) is 1.